The number of benzene rings is 2. The van der Waals surface area contributed by atoms with Crippen LogP contribution < -0.4 is 11.1 Å². The molecule has 2 aromatic carbocycles. The van der Waals surface area contributed by atoms with E-state index in [4.69, 9.17) is 5.73 Å². The summed E-state index contributed by atoms with van der Waals surface area (Å²) in [6.07, 6.45) is 0. The van der Waals surface area contributed by atoms with Gasteiger partial charge in [0.15, 0.2) is 0 Å². The molecule has 0 saturated carbocycles. The lowest BCUT2D eigenvalue weighted by Gasteiger charge is -2.11. The number of phenolic OH excluding ortho intramolecular Hbond substituents is 1. The van der Waals surface area contributed by atoms with Gasteiger partial charge in [-0.2, -0.15) is 11.3 Å². The minimum atomic E-state index is -0.311. The molecule has 5 heteroatoms. The Bertz CT molecular complexity index is 857. The summed E-state index contributed by atoms with van der Waals surface area (Å²) in [6, 6.07) is 12.4. The number of phenols is 1. The highest BCUT2D eigenvalue weighted by molar-refractivity contribution is 7.08. The summed E-state index contributed by atoms with van der Waals surface area (Å²) in [7, 11) is 0. The number of nitrogens with one attached hydrogen (secondary N) is 1. The molecule has 0 saturated heterocycles. The molecule has 0 atom stereocenters. The smallest absolute Gasteiger partial charge is 0.255 e. The predicted molar refractivity (Wildman–Crippen MR) is 95.0 cm³/mol. The Morgan fingerprint density at radius 1 is 1.13 bits per heavy atom. The third kappa shape index (κ3) is 3.19. The maximum Gasteiger partial charge on any atom is 0.255 e. The van der Waals surface area contributed by atoms with Gasteiger partial charge in [0, 0.05) is 5.56 Å². The topological polar surface area (TPSA) is 75.4 Å². The lowest BCUT2D eigenvalue weighted by molar-refractivity contribution is 0.102. The normalized spacial score (nSPS) is 10.5. The van der Waals surface area contributed by atoms with Crippen molar-refractivity contribution < 1.29 is 9.90 Å². The second-order valence-electron chi connectivity index (χ2n) is 5.27. The van der Waals surface area contributed by atoms with Crippen LogP contribution in [0.15, 0.2) is 53.2 Å². The van der Waals surface area contributed by atoms with Gasteiger partial charge in [-0.15, -0.1) is 0 Å². The first-order valence-corrected chi connectivity index (χ1v) is 8.02. The van der Waals surface area contributed by atoms with E-state index in [9.17, 15) is 9.90 Å². The zero-order chi connectivity index (χ0) is 16.4. The summed E-state index contributed by atoms with van der Waals surface area (Å²) in [6.45, 7) is 1.78. The Labute approximate surface area is 138 Å². The SMILES string of the molecule is Cc1ccc(C(=O)Nc2cc(-c3ccsc3)ccc2N)cc1O. The van der Waals surface area contributed by atoms with Gasteiger partial charge in [-0.05, 0) is 64.7 Å². The van der Waals surface area contributed by atoms with Crippen LogP contribution >= 0.6 is 11.3 Å². The van der Waals surface area contributed by atoms with E-state index in [1.807, 2.05) is 29.0 Å². The standard InChI is InChI=1S/C18H16N2O2S/c1-11-2-3-13(9-17(11)21)18(22)20-16-8-12(4-5-15(16)19)14-6-7-23-10-14/h2-10,21H,19H2,1H3,(H,20,22). The maximum absolute atomic E-state index is 12.4. The van der Waals surface area contributed by atoms with Crippen molar-refractivity contribution >= 4 is 28.6 Å². The van der Waals surface area contributed by atoms with E-state index in [1.54, 1.807) is 36.5 Å². The highest BCUT2D eigenvalue weighted by atomic mass is 32.1. The number of aryl methyl sites for hydroxylation is 1. The van der Waals surface area contributed by atoms with Crippen LogP contribution in [0.4, 0.5) is 11.4 Å². The Morgan fingerprint density at radius 2 is 1.96 bits per heavy atom. The minimum Gasteiger partial charge on any atom is -0.508 e. The average molecular weight is 324 g/mol. The van der Waals surface area contributed by atoms with Gasteiger partial charge in [-0.1, -0.05) is 12.1 Å². The zero-order valence-corrected chi connectivity index (χ0v) is 13.4. The first-order valence-electron chi connectivity index (χ1n) is 7.07. The van der Waals surface area contributed by atoms with E-state index in [0.29, 0.717) is 16.9 Å². The van der Waals surface area contributed by atoms with Crippen LogP contribution in [-0.2, 0) is 0 Å². The van der Waals surface area contributed by atoms with E-state index in [2.05, 4.69) is 5.32 Å². The van der Waals surface area contributed by atoms with Crippen molar-refractivity contribution in [3.05, 3.63) is 64.4 Å². The number of nitrogens with two attached hydrogens (primary N) is 1. The number of carbonyl (C=O) groups is 1. The number of aromatic hydroxyl groups is 1. The number of carbonyl (C=O) groups excluding carboxylic acids is 1. The van der Waals surface area contributed by atoms with E-state index in [1.165, 1.54) is 6.07 Å². The second-order valence-corrected chi connectivity index (χ2v) is 6.05. The molecule has 3 aromatic rings. The van der Waals surface area contributed by atoms with Crippen LogP contribution in [0.1, 0.15) is 15.9 Å². The van der Waals surface area contributed by atoms with E-state index in [0.717, 1.165) is 16.7 Å². The summed E-state index contributed by atoms with van der Waals surface area (Å²) in [5, 5.41) is 16.6. The third-order valence-electron chi connectivity index (χ3n) is 3.63. The lowest BCUT2D eigenvalue weighted by Crippen LogP contribution is -2.13. The fourth-order valence-corrected chi connectivity index (χ4v) is 2.88. The highest BCUT2D eigenvalue weighted by Gasteiger charge is 2.11. The molecule has 4 N–H and O–H groups in total. The number of anilines is 2. The van der Waals surface area contributed by atoms with Gasteiger partial charge in [-0.25, -0.2) is 0 Å². The monoisotopic (exact) mass is 324 g/mol. The van der Waals surface area contributed by atoms with Crippen molar-refractivity contribution in [2.45, 2.75) is 6.92 Å². The molecule has 0 aliphatic carbocycles. The van der Waals surface area contributed by atoms with Crippen molar-refractivity contribution in [1.82, 2.24) is 0 Å². The lowest BCUT2D eigenvalue weighted by atomic mass is 10.1. The molecule has 1 aromatic heterocycles. The number of thiophene rings is 1. The molecule has 0 unspecified atom stereocenters. The van der Waals surface area contributed by atoms with Crippen LogP contribution in [0.25, 0.3) is 11.1 Å². The van der Waals surface area contributed by atoms with Crippen molar-refractivity contribution in [2.75, 3.05) is 11.1 Å². The number of rotatable bonds is 3. The van der Waals surface area contributed by atoms with Gasteiger partial charge < -0.3 is 16.2 Å². The molecule has 3 rings (SSSR count). The predicted octanol–water partition coefficient (Wildman–Crippen LogP) is 4.26. The zero-order valence-electron chi connectivity index (χ0n) is 12.5. The van der Waals surface area contributed by atoms with Gasteiger partial charge in [0.1, 0.15) is 5.75 Å². The number of amides is 1. The second kappa shape index (κ2) is 6.14. The minimum absolute atomic E-state index is 0.0950. The molecule has 23 heavy (non-hydrogen) atoms. The van der Waals surface area contributed by atoms with Crippen LogP contribution in [0.2, 0.25) is 0 Å². The Morgan fingerprint density at radius 3 is 2.65 bits per heavy atom. The largest absolute Gasteiger partial charge is 0.508 e. The highest BCUT2D eigenvalue weighted by Crippen LogP contribution is 2.29. The van der Waals surface area contributed by atoms with Gasteiger partial charge in [-0.3, -0.25) is 4.79 Å². The Hall–Kier alpha value is -2.79. The summed E-state index contributed by atoms with van der Waals surface area (Å²) in [5.41, 5.74) is 10.2. The van der Waals surface area contributed by atoms with Gasteiger partial charge >= 0.3 is 0 Å². The van der Waals surface area contributed by atoms with E-state index in [-0.39, 0.29) is 11.7 Å². The maximum atomic E-state index is 12.4. The fourth-order valence-electron chi connectivity index (χ4n) is 2.22. The molecule has 0 aliphatic rings. The number of nitrogen functional groups attached to an aromatic ring is 1. The third-order valence-corrected chi connectivity index (χ3v) is 4.31. The van der Waals surface area contributed by atoms with Crippen molar-refractivity contribution in [2.24, 2.45) is 0 Å². The van der Waals surface area contributed by atoms with Crippen LogP contribution in [0.3, 0.4) is 0 Å². The molecule has 0 fully saturated rings. The average Bonchev–Trinajstić information content (AvgIpc) is 3.06. The summed E-state index contributed by atoms with van der Waals surface area (Å²) >= 11 is 1.61. The molecular formula is C18H16N2O2S. The Balaban J connectivity index is 1.88. The first kappa shape index (κ1) is 15.1. The van der Waals surface area contributed by atoms with Gasteiger partial charge in [0.05, 0.1) is 11.4 Å². The van der Waals surface area contributed by atoms with Crippen LogP contribution in [0, 0.1) is 6.92 Å². The molecule has 0 aliphatic heterocycles. The van der Waals surface area contributed by atoms with Crippen molar-refractivity contribution in [3.63, 3.8) is 0 Å². The van der Waals surface area contributed by atoms with E-state index < -0.39 is 0 Å². The van der Waals surface area contributed by atoms with Gasteiger partial charge in [0.2, 0.25) is 0 Å². The van der Waals surface area contributed by atoms with Gasteiger partial charge in [0.25, 0.3) is 5.91 Å². The van der Waals surface area contributed by atoms with Crippen LogP contribution in [-0.4, -0.2) is 11.0 Å². The van der Waals surface area contributed by atoms with Crippen LogP contribution in [0.5, 0.6) is 5.75 Å². The number of hydrogen-bond donors (Lipinski definition) is 3. The molecule has 4 nitrogen and oxygen atoms in total. The molecule has 0 spiro atoms. The van der Waals surface area contributed by atoms with Crippen molar-refractivity contribution in [3.8, 4) is 16.9 Å². The van der Waals surface area contributed by atoms with Crippen molar-refractivity contribution in [1.29, 1.82) is 0 Å². The molecule has 0 radical (unpaired) electrons. The quantitative estimate of drug-likeness (QED) is 0.630. The molecule has 1 amide bonds. The Kier molecular flexibility index (Phi) is 4.04. The molecule has 116 valence electrons. The fraction of sp³-hybridized carbons (Fsp3) is 0.0556. The molecular weight excluding hydrogens is 308 g/mol. The first-order chi connectivity index (χ1) is 11.0. The summed E-state index contributed by atoms with van der Waals surface area (Å²) < 4.78 is 0. The molecule has 0 bridgehead atoms. The molecule has 1 heterocycles. The summed E-state index contributed by atoms with van der Waals surface area (Å²) in [4.78, 5) is 12.4. The van der Waals surface area contributed by atoms with E-state index >= 15 is 0 Å². The summed E-state index contributed by atoms with van der Waals surface area (Å²) in [5.74, 6) is -0.216. The number of hydrogen-bond acceptors (Lipinski definition) is 4.